The van der Waals surface area contributed by atoms with E-state index in [1.807, 2.05) is 0 Å². The second-order valence-electron chi connectivity index (χ2n) is 8.69. The molecule has 1 amide bonds. The van der Waals surface area contributed by atoms with Gasteiger partial charge in [0.25, 0.3) is 0 Å². The van der Waals surface area contributed by atoms with Gasteiger partial charge in [-0.1, -0.05) is 12.2 Å². The van der Waals surface area contributed by atoms with E-state index < -0.39 is 75.3 Å². The number of hydrogen-bond donors (Lipinski definition) is 6. The summed E-state index contributed by atoms with van der Waals surface area (Å²) >= 11 is 3.90. The van der Waals surface area contributed by atoms with E-state index in [-0.39, 0.29) is 12.2 Å². The molecule has 0 bridgehead atoms. The highest BCUT2D eigenvalue weighted by Gasteiger charge is 2.52. The molecule has 0 spiro atoms. The molecule has 5 heterocycles. The normalized spacial score (nSPS) is 35.1. The van der Waals surface area contributed by atoms with Gasteiger partial charge in [-0.3, -0.25) is 18.4 Å². The summed E-state index contributed by atoms with van der Waals surface area (Å²) in [5.74, 6) is -0.416. The fraction of sp³-hybridized carbons (Fsp3) is 0.579. The zero-order valence-electron chi connectivity index (χ0n) is 19.4. The van der Waals surface area contributed by atoms with Crippen molar-refractivity contribution in [3.05, 3.63) is 24.9 Å². The summed E-state index contributed by atoms with van der Waals surface area (Å²) in [5.41, 5.74) is 6.56. The van der Waals surface area contributed by atoms with Gasteiger partial charge >= 0.3 is 6.80 Å². The van der Waals surface area contributed by atoms with E-state index in [0.29, 0.717) is 11.2 Å². The second kappa shape index (κ2) is 10.6. The van der Waals surface area contributed by atoms with Gasteiger partial charge in [0.15, 0.2) is 23.9 Å². The molecule has 9 atom stereocenters. The lowest BCUT2D eigenvalue weighted by Crippen LogP contribution is -2.54. The topological polar surface area (TPSA) is 217 Å². The second-order valence-corrected chi connectivity index (χ2v) is 11.6. The highest BCUT2D eigenvalue weighted by atomic mass is 32.7. The van der Waals surface area contributed by atoms with Crippen LogP contribution in [0.15, 0.2) is 24.9 Å². The maximum atomic E-state index is 15.3. The predicted molar refractivity (Wildman–Crippen MR) is 127 cm³/mol. The molecule has 5 rings (SSSR count). The van der Waals surface area contributed by atoms with E-state index in [4.69, 9.17) is 24.3 Å². The Morgan fingerprint density at radius 3 is 2.82 bits per heavy atom. The maximum absolute atomic E-state index is 15.3. The van der Waals surface area contributed by atoms with Crippen molar-refractivity contribution in [1.82, 2.24) is 29.7 Å². The minimum atomic E-state index is -4.28. The van der Waals surface area contributed by atoms with E-state index in [9.17, 15) is 24.7 Å². The summed E-state index contributed by atoms with van der Waals surface area (Å²) < 4.78 is 51.6. The summed E-state index contributed by atoms with van der Waals surface area (Å²) in [6.45, 7) is -5.42. The molecule has 2 aromatic rings. The SMILES string of the molecule is Nc1ncnc2c1ncn2[C@H]1CC(O)[C@@H](COP(=O)(S)OC2C(F)[C@H](N3C=CC(=O)NC3O)O[C@@H]2CO)O1. The highest BCUT2D eigenvalue weighted by molar-refractivity contribution is 8.44. The Hall–Kier alpha value is -2.41. The van der Waals surface area contributed by atoms with E-state index in [1.54, 1.807) is 4.57 Å². The Balaban J connectivity index is 1.21. The summed E-state index contributed by atoms with van der Waals surface area (Å²) in [6, 6.07) is 0. The van der Waals surface area contributed by atoms with Crippen molar-refractivity contribution in [2.24, 2.45) is 0 Å². The van der Waals surface area contributed by atoms with Crippen LogP contribution in [0.4, 0.5) is 10.2 Å². The van der Waals surface area contributed by atoms with Crippen LogP contribution in [-0.4, -0.2) is 102 Å². The van der Waals surface area contributed by atoms with Gasteiger partial charge in [0.1, 0.15) is 36.4 Å². The number of alkyl halides is 1. The molecule has 3 aliphatic heterocycles. The number of carbonyl (C=O) groups is 1. The molecule has 16 nitrogen and oxygen atoms in total. The molecule has 2 saturated heterocycles. The third-order valence-electron chi connectivity index (χ3n) is 6.25. The number of nitrogens with two attached hydrogens (primary N) is 1. The molecular weight excluding hydrogens is 552 g/mol. The molecule has 0 aromatic carbocycles. The largest absolute Gasteiger partial charge is 0.394 e. The van der Waals surface area contributed by atoms with Crippen molar-refractivity contribution in [2.45, 2.75) is 55.8 Å². The number of anilines is 1. The first-order valence-corrected chi connectivity index (χ1v) is 14.0. The van der Waals surface area contributed by atoms with Gasteiger partial charge in [-0.25, -0.2) is 23.9 Å². The molecule has 208 valence electrons. The van der Waals surface area contributed by atoms with Gasteiger partial charge in [0.05, 0.1) is 25.6 Å². The fourth-order valence-corrected chi connectivity index (χ4v) is 5.87. The number of nitrogens with zero attached hydrogens (tertiary/aromatic N) is 5. The zero-order valence-corrected chi connectivity index (χ0v) is 21.2. The maximum Gasteiger partial charge on any atom is 0.386 e. The van der Waals surface area contributed by atoms with Crippen LogP contribution in [0.25, 0.3) is 11.2 Å². The number of hydrogen-bond acceptors (Lipinski definition) is 14. The first kappa shape index (κ1) is 27.2. The Morgan fingerprint density at radius 2 is 2.08 bits per heavy atom. The Bertz CT molecular complexity index is 1270. The number of rotatable bonds is 8. The molecule has 2 aromatic heterocycles. The summed E-state index contributed by atoms with van der Waals surface area (Å²) in [5, 5.41) is 32.3. The van der Waals surface area contributed by atoms with Crippen LogP contribution in [0.1, 0.15) is 12.6 Å². The van der Waals surface area contributed by atoms with Crippen LogP contribution in [0, 0.1) is 0 Å². The average Bonchev–Trinajstić information content (AvgIpc) is 3.54. The lowest BCUT2D eigenvalue weighted by Gasteiger charge is -2.34. The van der Waals surface area contributed by atoms with Gasteiger partial charge < -0.3 is 40.7 Å². The van der Waals surface area contributed by atoms with Gasteiger partial charge in [-0.2, -0.15) is 0 Å². The molecule has 38 heavy (non-hydrogen) atoms. The first-order chi connectivity index (χ1) is 18.1. The van der Waals surface area contributed by atoms with Crippen molar-refractivity contribution in [3.63, 3.8) is 0 Å². The number of imidazole rings is 1. The molecule has 19 heteroatoms. The Morgan fingerprint density at radius 1 is 1.29 bits per heavy atom. The Kier molecular flexibility index (Phi) is 7.60. The van der Waals surface area contributed by atoms with Gasteiger partial charge in [0.2, 0.25) is 12.3 Å². The van der Waals surface area contributed by atoms with Crippen molar-refractivity contribution in [3.8, 4) is 0 Å². The quantitative estimate of drug-likeness (QED) is 0.160. The highest BCUT2D eigenvalue weighted by Crippen LogP contribution is 2.56. The molecule has 0 aliphatic carbocycles. The standard InChI is InChI=1S/C19H25FN7O9PS/c20-13-15(9(4-28)35-18(13)26-2-1-11(30)25-19(26)31)36-37(32,38)33-5-10-8(29)3-12(34-10)27-7-24-14-16(21)22-6-23-17(14)27/h1-2,6-10,12-13,15,18-19,28-29,31H,3-5H2,(H,25,30)(H,32,38)(H2,21,22,23)/t8?,9-,10-,12-,13?,15?,18-,19?,37?/m1/s1. The number of halogens is 1. The van der Waals surface area contributed by atoms with E-state index in [1.165, 1.54) is 12.7 Å². The zero-order chi connectivity index (χ0) is 27.2. The lowest BCUT2D eigenvalue weighted by molar-refractivity contribution is -0.147. The number of aromatic nitrogens is 4. The summed E-state index contributed by atoms with van der Waals surface area (Å²) in [7, 11) is 0. The van der Waals surface area contributed by atoms with Crippen molar-refractivity contribution >= 4 is 41.9 Å². The van der Waals surface area contributed by atoms with E-state index in [0.717, 1.165) is 17.2 Å². The molecule has 0 saturated carbocycles. The number of aliphatic hydroxyl groups is 3. The van der Waals surface area contributed by atoms with Crippen molar-refractivity contribution in [1.29, 1.82) is 0 Å². The predicted octanol–water partition coefficient (Wildman–Crippen LogP) is -1.23. The minimum Gasteiger partial charge on any atom is -0.394 e. The first-order valence-electron chi connectivity index (χ1n) is 11.3. The number of aliphatic hydroxyl groups excluding tert-OH is 3. The van der Waals surface area contributed by atoms with Crippen LogP contribution >= 0.6 is 19.0 Å². The number of fused-ring (bicyclic) bond motifs is 1. The molecule has 0 radical (unpaired) electrons. The summed E-state index contributed by atoms with van der Waals surface area (Å²) in [4.78, 5) is 24.5. The summed E-state index contributed by atoms with van der Waals surface area (Å²) in [6.07, 6.45) is -5.70. The number of ether oxygens (including phenoxy) is 2. The van der Waals surface area contributed by atoms with Gasteiger partial charge in [-0.05, 0) is 0 Å². The third-order valence-corrected chi connectivity index (χ3v) is 7.87. The molecule has 3 aliphatic rings. The molecule has 5 unspecified atom stereocenters. The molecule has 2 fully saturated rings. The van der Waals surface area contributed by atoms with Crippen molar-refractivity contribution < 1.29 is 47.6 Å². The van der Waals surface area contributed by atoms with Crippen molar-refractivity contribution in [2.75, 3.05) is 18.9 Å². The van der Waals surface area contributed by atoms with Crippen LogP contribution < -0.4 is 11.1 Å². The number of amides is 1. The fourth-order valence-electron chi connectivity index (χ4n) is 4.38. The third kappa shape index (κ3) is 5.23. The Labute approximate surface area is 219 Å². The number of nitrogens with one attached hydrogen (secondary N) is 1. The van der Waals surface area contributed by atoms with Crippen LogP contribution in [0.5, 0.6) is 0 Å². The number of carbonyl (C=O) groups excluding carboxylic acids is 1. The lowest BCUT2D eigenvalue weighted by atomic mass is 10.1. The van der Waals surface area contributed by atoms with Gasteiger partial charge in [0, 0.05) is 18.7 Å². The monoisotopic (exact) mass is 577 g/mol. The van der Waals surface area contributed by atoms with Crippen LogP contribution in [0.2, 0.25) is 0 Å². The number of nitrogen functional groups attached to an aromatic ring is 1. The van der Waals surface area contributed by atoms with Gasteiger partial charge in [-0.15, -0.1) is 0 Å². The van der Waals surface area contributed by atoms with Crippen LogP contribution in [-0.2, 0) is 27.9 Å². The number of thiol groups is 1. The smallest absolute Gasteiger partial charge is 0.386 e. The molecular formula is C19H25FN7O9PS. The minimum absolute atomic E-state index is 0.126. The van der Waals surface area contributed by atoms with E-state index >= 15 is 4.39 Å². The van der Waals surface area contributed by atoms with Crippen LogP contribution in [0.3, 0.4) is 0 Å². The van der Waals surface area contributed by atoms with E-state index in [2.05, 4.69) is 32.5 Å². The molecule has 6 N–H and O–H groups in total. The average molecular weight is 577 g/mol.